The van der Waals surface area contributed by atoms with E-state index in [-0.39, 0.29) is 6.54 Å². The molecule has 0 fully saturated rings. The molecule has 0 radical (unpaired) electrons. The zero-order valence-corrected chi connectivity index (χ0v) is 11.0. The van der Waals surface area contributed by atoms with E-state index in [0.29, 0.717) is 12.0 Å². The molecule has 0 spiro atoms. The Morgan fingerprint density at radius 3 is 2.47 bits per heavy atom. The summed E-state index contributed by atoms with van der Waals surface area (Å²) in [6.07, 6.45) is 0.308. The van der Waals surface area contributed by atoms with Crippen molar-refractivity contribution in [3.8, 4) is 0 Å². The summed E-state index contributed by atoms with van der Waals surface area (Å²) in [4.78, 5) is 12.6. The number of rotatable bonds is 5. The first-order valence-corrected chi connectivity index (χ1v) is 6.68. The summed E-state index contributed by atoms with van der Waals surface area (Å²) in [5.74, 6) is -1.38. The molecule has 2 rings (SSSR count). The van der Waals surface area contributed by atoms with Gasteiger partial charge in [0, 0.05) is 17.8 Å². The van der Waals surface area contributed by atoms with Crippen molar-refractivity contribution in [3.63, 3.8) is 0 Å². The third kappa shape index (κ3) is 2.67. The van der Waals surface area contributed by atoms with Gasteiger partial charge in [0.25, 0.3) is 0 Å². The summed E-state index contributed by atoms with van der Waals surface area (Å²) < 4.78 is 13.0. The maximum absolute atomic E-state index is 13.0. The van der Waals surface area contributed by atoms with E-state index in [2.05, 4.69) is 0 Å². The van der Waals surface area contributed by atoms with Crippen LogP contribution in [0.1, 0.15) is 10.4 Å². The molecule has 0 bridgehead atoms. The van der Waals surface area contributed by atoms with Gasteiger partial charge >= 0.3 is 5.97 Å². The minimum absolute atomic E-state index is 0.0358. The average Bonchev–Trinajstić information content (AvgIpc) is 2.89. The van der Waals surface area contributed by atoms with Gasteiger partial charge in [0.1, 0.15) is 11.2 Å². The lowest BCUT2D eigenvalue weighted by molar-refractivity contribution is -0.143. The molecule has 100 valence electrons. The highest BCUT2D eigenvalue weighted by Crippen LogP contribution is 2.30. The Balaban J connectivity index is 2.44. The van der Waals surface area contributed by atoms with Gasteiger partial charge in [-0.3, -0.25) is 4.79 Å². The highest BCUT2D eigenvalue weighted by atomic mass is 32.1. The highest BCUT2D eigenvalue weighted by molar-refractivity contribution is 7.09. The van der Waals surface area contributed by atoms with Gasteiger partial charge in [0.15, 0.2) is 0 Å². The lowest BCUT2D eigenvalue weighted by Gasteiger charge is -2.28. The van der Waals surface area contributed by atoms with Gasteiger partial charge in [-0.05, 0) is 29.1 Å². The number of benzene rings is 1. The van der Waals surface area contributed by atoms with E-state index in [0.717, 1.165) is 4.88 Å². The van der Waals surface area contributed by atoms with Gasteiger partial charge in [-0.2, -0.15) is 0 Å². The van der Waals surface area contributed by atoms with Gasteiger partial charge in [-0.25, -0.2) is 4.39 Å². The minimum Gasteiger partial charge on any atom is -0.481 e. The number of hydrogen-bond acceptors (Lipinski definition) is 3. The molecule has 3 nitrogen and oxygen atoms in total. The Morgan fingerprint density at radius 1 is 1.32 bits per heavy atom. The zero-order valence-electron chi connectivity index (χ0n) is 10.2. The Hall–Kier alpha value is -1.72. The van der Waals surface area contributed by atoms with Gasteiger partial charge in [-0.1, -0.05) is 18.2 Å². The van der Waals surface area contributed by atoms with Crippen LogP contribution in [0.2, 0.25) is 0 Å². The second-order valence-electron chi connectivity index (χ2n) is 4.35. The predicted octanol–water partition coefficient (Wildman–Crippen LogP) is 2.41. The van der Waals surface area contributed by atoms with Crippen molar-refractivity contribution in [1.82, 2.24) is 0 Å². The van der Waals surface area contributed by atoms with Crippen LogP contribution in [0.3, 0.4) is 0 Å². The van der Waals surface area contributed by atoms with Crippen LogP contribution in [-0.4, -0.2) is 17.6 Å². The molecule has 1 aromatic heterocycles. The van der Waals surface area contributed by atoms with E-state index in [1.807, 2.05) is 17.5 Å². The number of carboxylic acids is 1. The molecular formula is C14H14FNO2S. The lowest BCUT2D eigenvalue weighted by Crippen LogP contribution is -2.44. The van der Waals surface area contributed by atoms with Crippen molar-refractivity contribution in [2.45, 2.75) is 11.8 Å². The lowest BCUT2D eigenvalue weighted by atomic mass is 9.77. The van der Waals surface area contributed by atoms with Crippen LogP contribution in [-0.2, 0) is 16.6 Å². The monoisotopic (exact) mass is 279 g/mol. The minimum atomic E-state index is -1.21. The Kier molecular flexibility index (Phi) is 3.97. The summed E-state index contributed by atoms with van der Waals surface area (Å²) >= 11 is 1.49. The average molecular weight is 279 g/mol. The van der Waals surface area contributed by atoms with E-state index in [1.165, 1.54) is 35.6 Å². The van der Waals surface area contributed by atoms with Crippen molar-refractivity contribution in [2.75, 3.05) is 6.54 Å². The molecule has 0 amide bonds. The van der Waals surface area contributed by atoms with E-state index < -0.39 is 17.2 Å². The summed E-state index contributed by atoms with van der Waals surface area (Å²) in [5.41, 5.74) is 5.04. The summed E-state index contributed by atoms with van der Waals surface area (Å²) in [6, 6.07) is 9.25. The van der Waals surface area contributed by atoms with Gasteiger partial charge in [-0.15, -0.1) is 11.3 Å². The SMILES string of the molecule is NCC(Cc1cccs1)(C(=O)O)c1ccc(F)cc1. The van der Waals surface area contributed by atoms with Crippen LogP contribution in [0.25, 0.3) is 0 Å². The fraction of sp³-hybridized carbons (Fsp3) is 0.214. The number of halogens is 1. The quantitative estimate of drug-likeness (QED) is 0.883. The van der Waals surface area contributed by atoms with Crippen LogP contribution in [0.4, 0.5) is 4.39 Å². The number of nitrogens with two attached hydrogens (primary N) is 1. The van der Waals surface area contributed by atoms with Crippen LogP contribution in [0.15, 0.2) is 41.8 Å². The molecule has 0 saturated carbocycles. The van der Waals surface area contributed by atoms with Crippen molar-refractivity contribution in [2.24, 2.45) is 5.73 Å². The molecule has 0 saturated heterocycles. The number of thiophene rings is 1. The van der Waals surface area contributed by atoms with Gasteiger partial charge in [0.2, 0.25) is 0 Å². The molecule has 0 aliphatic rings. The molecule has 1 atom stereocenters. The third-order valence-electron chi connectivity index (χ3n) is 3.21. The second-order valence-corrected chi connectivity index (χ2v) is 5.39. The third-order valence-corrected chi connectivity index (χ3v) is 4.09. The summed E-state index contributed by atoms with van der Waals surface area (Å²) in [7, 11) is 0. The number of carbonyl (C=O) groups is 1. The van der Waals surface area contributed by atoms with E-state index in [1.54, 1.807) is 0 Å². The normalized spacial score (nSPS) is 14.0. The number of aliphatic carboxylic acids is 1. The first-order chi connectivity index (χ1) is 9.08. The molecule has 3 N–H and O–H groups in total. The summed E-state index contributed by atoms with van der Waals surface area (Å²) in [6.45, 7) is -0.0358. The van der Waals surface area contributed by atoms with Crippen LogP contribution in [0.5, 0.6) is 0 Å². The first kappa shape index (κ1) is 13.7. The topological polar surface area (TPSA) is 63.3 Å². The van der Waals surface area contributed by atoms with Crippen molar-refractivity contribution in [1.29, 1.82) is 0 Å². The largest absolute Gasteiger partial charge is 0.481 e. The highest BCUT2D eigenvalue weighted by Gasteiger charge is 2.39. The Morgan fingerprint density at radius 2 is 2.00 bits per heavy atom. The standard InChI is InChI=1S/C14H14FNO2S/c15-11-5-3-10(4-6-11)14(9-16,13(17)18)8-12-2-1-7-19-12/h1-7H,8-9,16H2,(H,17,18). The van der Waals surface area contributed by atoms with Crippen LogP contribution in [0, 0.1) is 5.82 Å². The van der Waals surface area contributed by atoms with Crippen molar-refractivity contribution >= 4 is 17.3 Å². The molecule has 1 aromatic carbocycles. The molecule has 1 unspecified atom stereocenters. The number of hydrogen-bond donors (Lipinski definition) is 2. The van der Waals surface area contributed by atoms with Crippen molar-refractivity contribution < 1.29 is 14.3 Å². The molecule has 1 heterocycles. The van der Waals surface area contributed by atoms with Crippen LogP contribution >= 0.6 is 11.3 Å². The fourth-order valence-corrected chi connectivity index (χ4v) is 2.88. The molecule has 0 aliphatic heterocycles. The molecule has 19 heavy (non-hydrogen) atoms. The molecule has 5 heteroatoms. The van der Waals surface area contributed by atoms with E-state index in [9.17, 15) is 14.3 Å². The van der Waals surface area contributed by atoms with E-state index >= 15 is 0 Å². The Labute approximate surface area is 114 Å². The fourth-order valence-electron chi connectivity index (χ4n) is 2.06. The molecular weight excluding hydrogens is 265 g/mol. The second kappa shape index (κ2) is 5.50. The molecule has 0 aliphatic carbocycles. The van der Waals surface area contributed by atoms with Gasteiger partial charge < -0.3 is 10.8 Å². The smallest absolute Gasteiger partial charge is 0.315 e. The van der Waals surface area contributed by atoms with Crippen LogP contribution < -0.4 is 5.73 Å². The first-order valence-electron chi connectivity index (χ1n) is 5.80. The predicted molar refractivity (Wildman–Crippen MR) is 72.8 cm³/mol. The Bertz CT molecular complexity index is 553. The zero-order chi connectivity index (χ0) is 13.9. The maximum atomic E-state index is 13.0. The maximum Gasteiger partial charge on any atom is 0.315 e. The van der Waals surface area contributed by atoms with Gasteiger partial charge in [0.05, 0.1) is 0 Å². The summed E-state index contributed by atoms with van der Waals surface area (Å²) in [5, 5.41) is 11.5. The molecule has 2 aromatic rings. The number of carboxylic acid groups (broad SMARTS) is 1. The van der Waals surface area contributed by atoms with E-state index in [4.69, 9.17) is 5.73 Å². The van der Waals surface area contributed by atoms with Crippen molar-refractivity contribution in [3.05, 3.63) is 58.0 Å².